The fourth-order valence-electron chi connectivity index (χ4n) is 2.35. The maximum atomic E-state index is 11.6. The quantitative estimate of drug-likeness (QED) is 0.750. The molecular weight excluding hydrogens is 284 g/mol. The largest absolute Gasteiger partial charge is 0.504 e. The van der Waals surface area contributed by atoms with Crippen LogP contribution in [0.1, 0.15) is 26.3 Å². The van der Waals surface area contributed by atoms with E-state index in [-0.39, 0.29) is 11.7 Å². The van der Waals surface area contributed by atoms with Crippen molar-refractivity contribution in [1.29, 1.82) is 0 Å². The Morgan fingerprint density at radius 3 is 2.68 bits per heavy atom. The third-order valence-electron chi connectivity index (χ3n) is 3.52. The van der Waals surface area contributed by atoms with Crippen LogP contribution >= 0.6 is 0 Å². The second-order valence-electron chi connectivity index (χ2n) is 4.87. The predicted octanol–water partition coefficient (Wildman–Crippen LogP) is 1.90. The lowest BCUT2D eigenvalue weighted by Gasteiger charge is -2.11. The van der Waals surface area contributed by atoms with E-state index in [9.17, 15) is 14.7 Å². The molecule has 1 heterocycles. The van der Waals surface area contributed by atoms with Crippen LogP contribution in [0.3, 0.4) is 0 Å². The highest BCUT2D eigenvalue weighted by atomic mass is 16.5. The number of aromatic hydroxyl groups is 1. The Kier molecular flexibility index (Phi) is 3.42. The number of nitrogens with one attached hydrogen (secondary N) is 2. The van der Waals surface area contributed by atoms with Gasteiger partial charge in [-0.05, 0) is 24.3 Å². The summed E-state index contributed by atoms with van der Waals surface area (Å²) in [7, 11) is 1.49. The summed E-state index contributed by atoms with van der Waals surface area (Å²) in [5.74, 6) is -0.297. The first-order valence-electron chi connectivity index (χ1n) is 6.68. The fourth-order valence-corrected chi connectivity index (χ4v) is 2.35. The van der Waals surface area contributed by atoms with E-state index >= 15 is 0 Å². The molecule has 0 aromatic heterocycles. The van der Waals surface area contributed by atoms with Crippen LogP contribution in [0, 0.1) is 0 Å². The molecule has 0 aliphatic carbocycles. The maximum absolute atomic E-state index is 11.6. The molecule has 0 saturated heterocycles. The highest BCUT2D eigenvalue weighted by molar-refractivity contribution is 6.21. The van der Waals surface area contributed by atoms with Crippen LogP contribution in [0.15, 0.2) is 36.4 Å². The van der Waals surface area contributed by atoms with Crippen LogP contribution in [0.4, 0.5) is 5.69 Å². The smallest absolute Gasteiger partial charge is 0.259 e. The Morgan fingerprint density at radius 2 is 1.91 bits per heavy atom. The molecular formula is C16H14N2O4. The lowest BCUT2D eigenvalue weighted by Crippen LogP contribution is -2.19. The normalized spacial score (nSPS) is 12.8. The number of carbonyl (C=O) groups is 2. The van der Waals surface area contributed by atoms with Gasteiger partial charge in [-0.3, -0.25) is 14.9 Å². The Hall–Kier alpha value is -3.02. The number of amides is 2. The van der Waals surface area contributed by atoms with Gasteiger partial charge in [0, 0.05) is 17.8 Å². The van der Waals surface area contributed by atoms with Crippen molar-refractivity contribution in [3.8, 4) is 11.5 Å². The lowest BCUT2D eigenvalue weighted by molar-refractivity contribution is 0.0879. The molecule has 1 aliphatic rings. The number of imide groups is 1. The molecule has 112 valence electrons. The Balaban J connectivity index is 1.80. The summed E-state index contributed by atoms with van der Waals surface area (Å²) < 4.78 is 5.06. The molecule has 0 saturated carbocycles. The number of hydrogen-bond acceptors (Lipinski definition) is 5. The molecule has 6 nitrogen and oxygen atoms in total. The van der Waals surface area contributed by atoms with Gasteiger partial charge in [0.1, 0.15) is 0 Å². The highest BCUT2D eigenvalue weighted by Gasteiger charge is 2.26. The van der Waals surface area contributed by atoms with Gasteiger partial charge in [0.05, 0.1) is 18.2 Å². The molecule has 0 radical (unpaired) electrons. The maximum Gasteiger partial charge on any atom is 0.259 e. The van der Waals surface area contributed by atoms with Crippen LogP contribution in [-0.2, 0) is 6.54 Å². The standard InChI is InChI=1S/C16H14N2O4/c1-22-13-4-2-3-9(14(13)19)8-17-10-5-6-11-12(7-10)16(21)18-15(11)20/h2-7,17,19H,8H2,1H3,(H,18,20,21). The van der Waals surface area contributed by atoms with E-state index in [1.807, 2.05) is 0 Å². The van der Waals surface area contributed by atoms with E-state index < -0.39 is 5.91 Å². The van der Waals surface area contributed by atoms with Gasteiger partial charge in [0.15, 0.2) is 11.5 Å². The molecule has 2 aromatic carbocycles. The van der Waals surface area contributed by atoms with Gasteiger partial charge in [-0.15, -0.1) is 0 Å². The van der Waals surface area contributed by atoms with Crippen molar-refractivity contribution >= 4 is 17.5 Å². The predicted molar refractivity (Wildman–Crippen MR) is 80.2 cm³/mol. The summed E-state index contributed by atoms with van der Waals surface area (Å²) >= 11 is 0. The van der Waals surface area contributed by atoms with E-state index in [1.54, 1.807) is 36.4 Å². The topological polar surface area (TPSA) is 87.7 Å². The first-order valence-corrected chi connectivity index (χ1v) is 6.68. The fraction of sp³-hybridized carbons (Fsp3) is 0.125. The molecule has 3 N–H and O–H groups in total. The molecule has 0 bridgehead atoms. The van der Waals surface area contributed by atoms with Crippen molar-refractivity contribution in [3.05, 3.63) is 53.1 Å². The van der Waals surface area contributed by atoms with Crippen molar-refractivity contribution < 1.29 is 19.4 Å². The molecule has 0 atom stereocenters. The van der Waals surface area contributed by atoms with Crippen LogP contribution < -0.4 is 15.4 Å². The van der Waals surface area contributed by atoms with Gasteiger partial charge in [0.2, 0.25) is 0 Å². The van der Waals surface area contributed by atoms with Crippen LogP contribution in [0.5, 0.6) is 11.5 Å². The van der Waals surface area contributed by atoms with E-state index in [1.165, 1.54) is 7.11 Å². The lowest BCUT2D eigenvalue weighted by atomic mass is 10.1. The summed E-state index contributed by atoms with van der Waals surface area (Å²) in [6.45, 7) is 0.359. The summed E-state index contributed by atoms with van der Waals surface area (Å²) in [5.41, 5.74) is 2.08. The van der Waals surface area contributed by atoms with E-state index in [0.29, 0.717) is 34.7 Å². The molecule has 1 aliphatic heterocycles. The summed E-state index contributed by atoms with van der Waals surface area (Å²) in [4.78, 5) is 23.1. The van der Waals surface area contributed by atoms with E-state index in [0.717, 1.165) is 0 Å². The Morgan fingerprint density at radius 1 is 1.14 bits per heavy atom. The van der Waals surface area contributed by atoms with Gasteiger partial charge in [0.25, 0.3) is 11.8 Å². The summed E-state index contributed by atoms with van der Waals surface area (Å²) in [6.07, 6.45) is 0. The van der Waals surface area contributed by atoms with Crippen LogP contribution in [-0.4, -0.2) is 24.0 Å². The minimum Gasteiger partial charge on any atom is -0.504 e. The monoisotopic (exact) mass is 298 g/mol. The molecule has 0 spiro atoms. The Bertz CT molecular complexity index is 771. The first kappa shape index (κ1) is 13.9. The number of phenols is 1. The number of carbonyl (C=O) groups excluding carboxylic acids is 2. The zero-order valence-corrected chi connectivity index (χ0v) is 11.8. The van der Waals surface area contributed by atoms with Crippen molar-refractivity contribution in [2.45, 2.75) is 6.54 Å². The molecule has 0 fully saturated rings. The van der Waals surface area contributed by atoms with Gasteiger partial charge in [-0.2, -0.15) is 0 Å². The van der Waals surface area contributed by atoms with Crippen LogP contribution in [0.2, 0.25) is 0 Å². The van der Waals surface area contributed by atoms with Crippen molar-refractivity contribution in [2.75, 3.05) is 12.4 Å². The zero-order valence-electron chi connectivity index (χ0n) is 11.8. The Labute approximate surface area is 126 Å². The SMILES string of the molecule is COc1cccc(CNc2ccc3c(c2)C(=O)NC3=O)c1O. The number of benzene rings is 2. The number of methoxy groups -OCH3 is 1. The van der Waals surface area contributed by atoms with Crippen molar-refractivity contribution in [3.63, 3.8) is 0 Å². The van der Waals surface area contributed by atoms with Crippen molar-refractivity contribution in [2.24, 2.45) is 0 Å². The number of fused-ring (bicyclic) bond motifs is 1. The van der Waals surface area contributed by atoms with Gasteiger partial charge < -0.3 is 15.2 Å². The third-order valence-corrected chi connectivity index (χ3v) is 3.52. The number of rotatable bonds is 4. The number of ether oxygens (including phenoxy) is 1. The number of anilines is 1. The zero-order chi connectivity index (χ0) is 15.7. The second-order valence-corrected chi connectivity index (χ2v) is 4.87. The third kappa shape index (κ3) is 2.35. The van der Waals surface area contributed by atoms with Crippen molar-refractivity contribution in [1.82, 2.24) is 5.32 Å². The summed E-state index contributed by atoms with van der Waals surface area (Å²) in [5, 5.41) is 15.4. The van der Waals surface area contributed by atoms with E-state index in [2.05, 4.69) is 10.6 Å². The minimum absolute atomic E-state index is 0.0755. The molecule has 2 amide bonds. The second kappa shape index (κ2) is 5.40. The molecule has 0 unspecified atom stereocenters. The van der Waals surface area contributed by atoms with E-state index in [4.69, 9.17) is 4.74 Å². The summed E-state index contributed by atoms with van der Waals surface area (Å²) in [6, 6.07) is 10.2. The van der Waals surface area contributed by atoms with Gasteiger partial charge >= 0.3 is 0 Å². The number of hydrogen-bond donors (Lipinski definition) is 3. The number of para-hydroxylation sites is 1. The first-order chi connectivity index (χ1) is 10.6. The number of phenolic OH excluding ortho intramolecular Hbond substituents is 1. The molecule has 3 rings (SSSR count). The average molecular weight is 298 g/mol. The average Bonchev–Trinajstić information content (AvgIpc) is 2.81. The highest BCUT2D eigenvalue weighted by Crippen LogP contribution is 2.30. The molecule has 6 heteroatoms. The molecule has 2 aromatic rings. The molecule has 22 heavy (non-hydrogen) atoms. The minimum atomic E-state index is -0.395. The van der Waals surface area contributed by atoms with Crippen LogP contribution in [0.25, 0.3) is 0 Å². The van der Waals surface area contributed by atoms with Gasteiger partial charge in [-0.1, -0.05) is 12.1 Å². The van der Waals surface area contributed by atoms with Gasteiger partial charge in [-0.25, -0.2) is 0 Å².